The molecule has 0 bridgehead atoms. The maximum absolute atomic E-state index is 9.24. The smallest absolute Gasteiger partial charge is 0.0980 e. The molecule has 1 fully saturated rings. The predicted molar refractivity (Wildman–Crippen MR) is 77.5 cm³/mol. The molecule has 1 aromatic rings. The van der Waals surface area contributed by atoms with Gasteiger partial charge in [0.2, 0.25) is 0 Å². The predicted octanol–water partition coefficient (Wildman–Crippen LogP) is 1.38. The average Bonchev–Trinajstić information content (AvgIpc) is 2.45. The van der Waals surface area contributed by atoms with Crippen LogP contribution in [0.15, 0.2) is 24.3 Å². The molecular weight excluding hydrogens is 240 g/mol. The van der Waals surface area contributed by atoms with E-state index in [0.29, 0.717) is 12.6 Å². The van der Waals surface area contributed by atoms with Gasteiger partial charge in [-0.05, 0) is 11.6 Å². The first-order valence-electron chi connectivity index (χ1n) is 6.99. The monoisotopic (exact) mass is 264 g/mol. The minimum absolute atomic E-state index is 0.0696. The maximum Gasteiger partial charge on any atom is 0.0980 e. The van der Waals surface area contributed by atoms with E-state index in [0.717, 1.165) is 19.6 Å². The van der Waals surface area contributed by atoms with Crippen LogP contribution in [0.1, 0.15) is 19.4 Å². The van der Waals surface area contributed by atoms with Gasteiger partial charge in [0.05, 0.1) is 19.3 Å². The summed E-state index contributed by atoms with van der Waals surface area (Å²) in [5.41, 5.74) is 2.55. The summed E-state index contributed by atoms with van der Waals surface area (Å²) >= 11 is 0. The summed E-state index contributed by atoms with van der Waals surface area (Å²) < 4.78 is 5.51. The molecule has 0 saturated carbocycles. The van der Waals surface area contributed by atoms with Crippen molar-refractivity contribution < 1.29 is 9.84 Å². The summed E-state index contributed by atoms with van der Waals surface area (Å²) in [5, 5.41) is 12.7. The molecule has 1 aliphatic heterocycles. The summed E-state index contributed by atoms with van der Waals surface area (Å²) in [7, 11) is 0. The second kappa shape index (κ2) is 6.89. The Kier molecular flexibility index (Phi) is 5.19. The van der Waals surface area contributed by atoms with Crippen LogP contribution in [0, 0.1) is 0 Å². The van der Waals surface area contributed by atoms with Crippen LogP contribution in [0.25, 0.3) is 0 Å². The topological polar surface area (TPSA) is 44.7 Å². The number of para-hydroxylation sites is 1. The number of hydrogen-bond acceptors (Lipinski definition) is 4. The zero-order chi connectivity index (χ0) is 13.7. The van der Waals surface area contributed by atoms with E-state index in [2.05, 4.69) is 48.3 Å². The Balaban J connectivity index is 2.09. The number of benzene rings is 1. The van der Waals surface area contributed by atoms with Gasteiger partial charge in [-0.25, -0.2) is 0 Å². The van der Waals surface area contributed by atoms with E-state index >= 15 is 0 Å². The molecule has 0 radical (unpaired) electrons. The Morgan fingerprint density at radius 3 is 2.95 bits per heavy atom. The van der Waals surface area contributed by atoms with E-state index < -0.39 is 0 Å². The summed E-state index contributed by atoms with van der Waals surface area (Å²) in [6.45, 7) is 7.58. The number of ether oxygens (including phenoxy) is 1. The van der Waals surface area contributed by atoms with Crippen LogP contribution < -0.4 is 10.2 Å². The molecule has 0 spiro atoms. The number of morpholine rings is 1. The Morgan fingerprint density at radius 1 is 1.42 bits per heavy atom. The van der Waals surface area contributed by atoms with Crippen molar-refractivity contribution in [3.8, 4) is 0 Å². The third kappa shape index (κ3) is 3.93. The first-order chi connectivity index (χ1) is 9.20. The molecule has 2 N–H and O–H groups in total. The van der Waals surface area contributed by atoms with Crippen LogP contribution in [0.2, 0.25) is 0 Å². The number of hydrogen-bond donors (Lipinski definition) is 2. The van der Waals surface area contributed by atoms with E-state index in [9.17, 15) is 5.11 Å². The van der Waals surface area contributed by atoms with Gasteiger partial charge in [-0.15, -0.1) is 0 Å². The molecule has 106 valence electrons. The minimum Gasteiger partial charge on any atom is -0.394 e. The lowest BCUT2D eigenvalue weighted by Gasteiger charge is -2.35. The van der Waals surface area contributed by atoms with E-state index in [-0.39, 0.29) is 12.7 Å². The van der Waals surface area contributed by atoms with Crippen LogP contribution in [-0.2, 0) is 11.3 Å². The lowest BCUT2D eigenvalue weighted by molar-refractivity contribution is 0.00352. The second-order valence-electron chi connectivity index (χ2n) is 5.29. The van der Waals surface area contributed by atoms with Gasteiger partial charge in [0.25, 0.3) is 0 Å². The van der Waals surface area contributed by atoms with Crippen molar-refractivity contribution in [3.05, 3.63) is 29.8 Å². The second-order valence-corrected chi connectivity index (χ2v) is 5.29. The highest BCUT2D eigenvalue weighted by Crippen LogP contribution is 2.22. The fraction of sp³-hybridized carbons (Fsp3) is 0.600. The van der Waals surface area contributed by atoms with Crippen LogP contribution in [-0.4, -0.2) is 43.6 Å². The largest absolute Gasteiger partial charge is 0.394 e. The SMILES string of the molecule is CC(C)NCc1ccccc1N1CCOC(CO)C1. The maximum atomic E-state index is 9.24. The number of anilines is 1. The third-order valence-corrected chi connectivity index (χ3v) is 3.38. The first kappa shape index (κ1) is 14.3. The van der Waals surface area contributed by atoms with Crippen molar-refractivity contribution in [2.45, 2.75) is 32.5 Å². The normalized spacial score (nSPS) is 20.0. The van der Waals surface area contributed by atoms with Crippen molar-refractivity contribution >= 4 is 5.69 Å². The number of nitrogens with one attached hydrogen (secondary N) is 1. The lowest BCUT2D eigenvalue weighted by atomic mass is 10.1. The van der Waals surface area contributed by atoms with Crippen LogP contribution >= 0.6 is 0 Å². The van der Waals surface area contributed by atoms with Crippen LogP contribution in [0.5, 0.6) is 0 Å². The van der Waals surface area contributed by atoms with Crippen molar-refractivity contribution in [3.63, 3.8) is 0 Å². The zero-order valence-electron chi connectivity index (χ0n) is 11.8. The molecule has 1 atom stereocenters. The van der Waals surface area contributed by atoms with Crippen molar-refractivity contribution in [2.75, 3.05) is 31.2 Å². The molecule has 0 aliphatic carbocycles. The fourth-order valence-corrected chi connectivity index (χ4v) is 2.33. The molecule has 2 rings (SSSR count). The van der Waals surface area contributed by atoms with Crippen molar-refractivity contribution in [1.82, 2.24) is 5.32 Å². The summed E-state index contributed by atoms with van der Waals surface area (Å²) in [5.74, 6) is 0. The van der Waals surface area contributed by atoms with Gasteiger partial charge in [0, 0.05) is 31.4 Å². The highest BCUT2D eigenvalue weighted by Gasteiger charge is 2.21. The average molecular weight is 264 g/mol. The van der Waals surface area contributed by atoms with Crippen molar-refractivity contribution in [1.29, 1.82) is 0 Å². The van der Waals surface area contributed by atoms with Gasteiger partial charge in [-0.2, -0.15) is 0 Å². The molecule has 4 nitrogen and oxygen atoms in total. The molecule has 1 heterocycles. The van der Waals surface area contributed by atoms with E-state index in [1.165, 1.54) is 11.3 Å². The molecule has 0 aromatic heterocycles. The summed E-state index contributed by atoms with van der Waals surface area (Å²) in [6, 6.07) is 8.93. The third-order valence-electron chi connectivity index (χ3n) is 3.38. The van der Waals surface area contributed by atoms with Crippen LogP contribution in [0.3, 0.4) is 0 Å². The van der Waals surface area contributed by atoms with Gasteiger partial charge < -0.3 is 20.1 Å². The van der Waals surface area contributed by atoms with E-state index in [4.69, 9.17) is 4.74 Å². The molecule has 0 amide bonds. The van der Waals surface area contributed by atoms with E-state index in [1.807, 2.05) is 0 Å². The summed E-state index contributed by atoms with van der Waals surface area (Å²) in [6.07, 6.45) is -0.0696. The molecule has 1 saturated heterocycles. The standard InChI is InChI=1S/C15H24N2O2/c1-12(2)16-9-13-5-3-4-6-15(13)17-7-8-19-14(10-17)11-18/h3-6,12,14,16,18H,7-11H2,1-2H3. The van der Waals surface area contributed by atoms with E-state index in [1.54, 1.807) is 0 Å². The number of rotatable bonds is 5. The Bertz CT molecular complexity index is 395. The molecule has 1 unspecified atom stereocenters. The summed E-state index contributed by atoms with van der Waals surface area (Å²) in [4.78, 5) is 2.31. The minimum atomic E-state index is -0.0696. The highest BCUT2D eigenvalue weighted by atomic mass is 16.5. The Morgan fingerprint density at radius 2 is 2.21 bits per heavy atom. The van der Waals surface area contributed by atoms with Gasteiger partial charge >= 0.3 is 0 Å². The van der Waals surface area contributed by atoms with Gasteiger partial charge in [-0.1, -0.05) is 32.0 Å². The molecule has 1 aromatic carbocycles. The van der Waals surface area contributed by atoms with Gasteiger partial charge in [0.1, 0.15) is 0 Å². The lowest BCUT2D eigenvalue weighted by Crippen LogP contribution is -2.44. The Hall–Kier alpha value is -1.10. The van der Waals surface area contributed by atoms with Crippen molar-refractivity contribution in [2.24, 2.45) is 0 Å². The molecule has 1 aliphatic rings. The van der Waals surface area contributed by atoms with Crippen LogP contribution in [0.4, 0.5) is 5.69 Å². The molecular formula is C15H24N2O2. The fourth-order valence-electron chi connectivity index (χ4n) is 2.33. The Labute approximate surface area is 115 Å². The van der Waals surface area contributed by atoms with Gasteiger partial charge in [-0.3, -0.25) is 0 Å². The zero-order valence-corrected chi connectivity index (χ0v) is 11.8. The number of aliphatic hydroxyl groups is 1. The molecule has 4 heteroatoms. The quantitative estimate of drug-likeness (QED) is 0.843. The first-order valence-corrected chi connectivity index (χ1v) is 6.99. The highest BCUT2D eigenvalue weighted by molar-refractivity contribution is 5.54. The number of aliphatic hydroxyl groups excluding tert-OH is 1. The number of nitrogens with zero attached hydrogens (tertiary/aromatic N) is 1. The molecule has 19 heavy (non-hydrogen) atoms. The van der Waals surface area contributed by atoms with Gasteiger partial charge in [0.15, 0.2) is 0 Å².